The molecule has 8 heteroatoms. The average molecular weight is 320 g/mol. The Kier molecular flexibility index (Phi) is 4.90. The minimum atomic E-state index is -4.78. The predicted molar refractivity (Wildman–Crippen MR) is 71.9 cm³/mol. The molecule has 0 aliphatic carbocycles. The number of urea groups is 1. The zero-order valence-corrected chi connectivity index (χ0v) is 11.7. The second-order valence-electron chi connectivity index (χ2n) is 5.15. The van der Waals surface area contributed by atoms with Crippen molar-refractivity contribution in [3.8, 4) is 0 Å². The zero-order valence-electron chi connectivity index (χ0n) is 11.7. The van der Waals surface area contributed by atoms with E-state index in [9.17, 15) is 27.5 Å². The number of aliphatic hydroxyl groups excluding tert-OH is 1. The van der Waals surface area contributed by atoms with E-state index in [4.69, 9.17) is 0 Å². The highest BCUT2D eigenvalue weighted by molar-refractivity contribution is 5.89. The van der Waals surface area contributed by atoms with Crippen molar-refractivity contribution >= 4 is 11.7 Å². The standard InChI is InChI=1S/C14H16F4N2O2/c15-12-7-9(4-5-11(12)14(16,17)18)19-13(22)20-6-2-1-3-10(20)8-21/h4-5,7,10,21H,1-3,6,8H2,(H,19,22)/t10-/m1/s1. The summed E-state index contributed by atoms with van der Waals surface area (Å²) in [5, 5.41) is 11.6. The van der Waals surface area contributed by atoms with Crippen LogP contribution in [0.3, 0.4) is 0 Å². The van der Waals surface area contributed by atoms with Crippen molar-refractivity contribution in [3.63, 3.8) is 0 Å². The minimum Gasteiger partial charge on any atom is -0.394 e. The molecule has 4 nitrogen and oxygen atoms in total. The molecule has 0 bridgehead atoms. The van der Waals surface area contributed by atoms with Gasteiger partial charge in [-0.2, -0.15) is 13.2 Å². The van der Waals surface area contributed by atoms with Crippen LogP contribution in [-0.2, 0) is 6.18 Å². The first-order valence-corrected chi connectivity index (χ1v) is 6.88. The van der Waals surface area contributed by atoms with Gasteiger partial charge < -0.3 is 15.3 Å². The molecule has 1 heterocycles. The van der Waals surface area contributed by atoms with E-state index in [0.29, 0.717) is 25.1 Å². The van der Waals surface area contributed by atoms with E-state index >= 15 is 0 Å². The fourth-order valence-electron chi connectivity index (χ4n) is 2.48. The first kappa shape index (κ1) is 16.5. The number of carbonyl (C=O) groups is 1. The number of hydrogen-bond donors (Lipinski definition) is 2. The molecule has 1 aromatic rings. The van der Waals surface area contributed by atoms with Gasteiger partial charge in [0.1, 0.15) is 5.82 Å². The van der Waals surface area contributed by atoms with Gasteiger partial charge in [-0.1, -0.05) is 0 Å². The zero-order chi connectivity index (χ0) is 16.3. The van der Waals surface area contributed by atoms with Crippen molar-refractivity contribution in [3.05, 3.63) is 29.6 Å². The number of halogens is 4. The lowest BCUT2D eigenvalue weighted by molar-refractivity contribution is -0.139. The molecule has 22 heavy (non-hydrogen) atoms. The normalized spacial score (nSPS) is 19.1. The number of alkyl halides is 3. The topological polar surface area (TPSA) is 52.6 Å². The first-order chi connectivity index (χ1) is 10.3. The van der Waals surface area contributed by atoms with Gasteiger partial charge in [0.2, 0.25) is 0 Å². The molecule has 0 saturated carbocycles. The maximum atomic E-state index is 13.5. The van der Waals surface area contributed by atoms with Crippen molar-refractivity contribution in [2.45, 2.75) is 31.5 Å². The lowest BCUT2D eigenvalue weighted by atomic mass is 10.0. The fourth-order valence-corrected chi connectivity index (χ4v) is 2.48. The van der Waals surface area contributed by atoms with Crippen molar-refractivity contribution in [2.75, 3.05) is 18.5 Å². The molecule has 0 aromatic heterocycles. The molecular formula is C14H16F4N2O2. The van der Waals surface area contributed by atoms with E-state index in [1.54, 1.807) is 0 Å². The third-order valence-corrected chi connectivity index (χ3v) is 3.62. The molecule has 1 aliphatic heterocycles. The highest BCUT2D eigenvalue weighted by Crippen LogP contribution is 2.32. The van der Waals surface area contributed by atoms with Gasteiger partial charge in [0.15, 0.2) is 0 Å². The van der Waals surface area contributed by atoms with E-state index in [-0.39, 0.29) is 18.3 Å². The average Bonchev–Trinajstić information content (AvgIpc) is 2.45. The maximum Gasteiger partial charge on any atom is 0.419 e. The van der Waals surface area contributed by atoms with Gasteiger partial charge in [-0.25, -0.2) is 9.18 Å². The number of hydrogen-bond acceptors (Lipinski definition) is 2. The van der Waals surface area contributed by atoms with E-state index in [0.717, 1.165) is 18.9 Å². The number of rotatable bonds is 2. The van der Waals surface area contributed by atoms with E-state index in [1.165, 1.54) is 4.90 Å². The van der Waals surface area contributed by atoms with Gasteiger partial charge >= 0.3 is 12.2 Å². The number of likely N-dealkylation sites (tertiary alicyclic amines) is 1. The monoisotopic (exact) mass is 320 g/mol. The van der Waals surface area contributed by atoms with Crippen molar-refractivity contribution in [1.82, 2.24) is 4.90 Å². The Morgan fingerprint density at radius 2 is 2.09 bits per heavy atom. The Morgan fingerprint density at radius 3 is 2.68 bits per heavy atom. The van der Waals surface area contributed by atoms with Crippen LogP contribution in [0.5, 0.6) is 0 Å². The molecule has 0 unspecified atom stereocenters. The third kappa shape index (κ3) is 3.68. The number of piperidine rings is 1. The van der Waals surface area contributed by atoms with Gasteiger partial charge in [-0.15, -0.1) is 0 Å². The summed E-state index contributed by atoms with van der Waals surface area (Å²) in [5.41, 5.74) is -1.44. The first-order valence-electron chi connectivity index (χ1n) is 6.88. The van der Waals surface area contributed by atoms with Gasteiger partial charge in [0.25, 0.3) is 0 Å². The molecule has 1 aliphatic rings. The summed E-state index contributed by atoms with van der Waals surface area (Å²) in [6.07, 6.45) is -2.44. The number of aliphatic hydroxyl groups is 1. The number of carbonyl (C=O) groups excluding carboxylic acids is 1. The van der Waals surface area contributed by atoms with Crippen LogP contribution in [0.2, 0.25) is 0 Å². The number of anilines is 1. The molecule has 2 amide bonds. The molecule has 1 aromatic carbocycles. The highest BCUT2D eigenvalue weighted by Gasteiger charge is 2.34. The van der Waals surface area contributed by atoms with Crippen LogP contribution in [0.1, 0.15) is 24.8 Å². The summed E-state index contributed by atoms with van der Waals surface area (Å²) in [6, 6.07) is 1.34. The minimum absolute atomic E-state index is 0.0576. The summed E-state index contributed by atoms with van der Waals surface area (Å²) in [7, 11) is 0. The lowest BCUT2D eigenvalue weighted by Crippen LogP contribution is -2.47. The largest absolute Gasteiger partial charge is 0.419 e. The number of benzene rings is 1. The lowest BCUT2D eigenvalue weighted by Gasteiger charge is -2.34. The fraction of sp³-hybridized carbons (Fsp3) is 0.500. The van der Waals surface area contributed by atoms with Crippen LogP contribution >= 0.6 is 0 Å². The summed E-state index contributed by atoms with van der Waals surface area (Å²) in [5.74, 6) is -1.44. The van der Waals surface area contributed by atoms with Gasteiger partial charge in [-0.05, 0) is 37.5 Å². The summed E-state index contributed by atoms with van der Waals surface area (Å²) >= 11 is 0. The molecule has 122 valence electrons. The van der Waals surface area contributed by atoms with Gasteiger partial charge in [-0.3, -0.25) is 0 Å². The Hall–Kier alpha value is -1.83. The quantitative estimate of drug-likeness (QED) is 0.822. The molecule has 2 rings (SSSR count). The van der Waals surface area contributed by atoms with Crippen LogP contribution in [0.15, 0.2) is 18.2 Å². The van der Waals surface area contributed by atoms with Crippen LogP contribution < -0.4 is 5.32 Å². The Balaban J connectivity index is 2.10. The Labute approximate surface area is 124 Å². The highest BCUT2D eigenvalue weighted by atomic mass is 19.4. The van der Waals surface area contributed by atoms with Crippen LogP contribution in [0.25, 0.3) is 0 Å². The van der Waals surface area contributed by atoms with Crippen LogP contribution in [0.4, 0.5) is 28.0 Å². The van der Waals surface area contributed by atoms with Crippen LogP contribution in [-0.4, -0.2) is 35.2 Å². The van der Waals surface area contributed by atoms with E-state index < -0.39 is 23.6 Å². The predicted octanol–water partition coefficient (Wildman–Crippen LogP) is 3.22. The number of nitrogens with zero attached hydrogens (tertiary/aromatic N) is 1. The Morgan fingerprint density at radius 1 is 1.36 bits per heavy atom. The molecule has 1 fully saturated rings. The molecule has 1 saturated heterocycles. The second kappa shape index (κ2) is 6.51. The second-order valence-corrected chi connectivity index (χ2v) is 5.15. The van der Waals surface area contributed by atoms with Crippen molar-refractivity contribution < 1.29 is 27.5 Å². The molecule has 2 N–H and O–H groups in total. The van der Waals surface area contributed by atoms with Crippen molar-refractivity contribution in [2.24, 2.45) is 0 Å². The third-order valence-electron chi connectivity index (χ3n) is 3.62. The number of amides is 2. The Bertz CT molecular complexity index is 548. The smallest absolute Gasteiger partial charge is 0.394 e. The SMILES string of the molecule is O=C(Nc1ccc(C(F)(F)F)c(F)c1)N1CCCC[C@@H]1CO. The molecule has 0 spiro atoms. The van der Waals surface area contributed by atoms with Crippen LogP contribution in [0, 0.1) is 5.82 Å². The van der Waals surface area contributed by atoms with Gasteiger partial charge in [0.05, 0.1) is 18.2 Å². The summed E-state index contributed by atoms with van der Waals surface area (Å²) in [4.78, 5) is 13.5. The van der Waals surface area contributed by atoms with Gasteiger partial charge in [0, 0.05) is 12.2 Å². The molecule has 0 radical (unpaired) electrons. The molecule has 1 atom stereocenters. The summed E-state index contributed by atoms with van der Waals surface area (Å²) < 4.78 is 50.9. The van der Waals surface area contributed by atoms with E-state index in [1.807, 2.05) is 0 Å². The number of nitrogens with one attached hydrogen (secondary N) is 1. The van der Waals surface area contributed by atoms with Crippen molar-refractivity contribution in [1.29, 1.82) is 0 Å². The molecular weight excluding hydrogens is 304 g/mol. The maximum absolute atomic E-state index is 13.5. The van der Waals surface area contributed by atoms with E-state index in [2.05, 4.69) is 5.32 Å². The summed E-state index contributed by atoms with van der Waals surface area (Å²) in [6.45, 7) is 0.259.